The van der Waals surface area contributed by atoms with Crippen molar-refractivity contribution in [1.29, 1.82) is 5.41 Å². The lowest BCUT2D eigenvalue weighted by Crippen LogP contribution is -2.09. The Morgan fingerprint density at radius 3 is 2.50 bits per heavy atom. The fraction of sp³-hybridized carbons (Fsp3) is 0.462. The van der Waals surface area contributed by atoms with E-state index in [0.29, 0.717) is 13.0 Å². The summed E-state index contributed by atoms with van der Waals surface area (Å²) in [5.41, 5.74) is 6.58. The van der Waals surface area contributed by atoms with Gasteiger partial charge in [0.15, 0.2) is 0 Å². The predicted octanol–water partition coefficient (Wildman–Crippen LogP) is 2.73. The summed E-state index contributed by atoms with van der Waals surface area (Å²) in [6.45, 7) is 2.83. The Balaban J connectivity index is 2.19. The normalized spacial score (nSPS) is 10.1. The average Bonchev–Trinajstić information content (AvgIpc) is 2.29. The number of ether oxygens (including phenoxy) is 1. The minimum atomic E-state index is 0.257. The van der Waals surface area contributed by atoms with Crippen molar-refractivity contribution in [2.45, 2.75) is 32.6 Å². The molecule has 1 aromatic carbocycles. The van der Waals surface area contributed by atoms with Crippen LogP contribution in [0.3, 0.4) is 0 Å². The molecule has 0 radical (unpaired) electrons. The van der Waals surface area contributed by atoms with Crippen LogP contribution in [0.5, 0.6) is 5.75 Å². The van der Waals surface area contributed by atoms with Crippen molar-refractivity contribution < 1.29 is 4.74 Å². The Kier molecular flexibility index (Phi) is 5.40. The molecule has 0 fully saturated rings. The molecule has 0 unspecified atom stereocenters. The molecule has 0 aliphatic heterocycles. The van der Waals surface area contributed by atoms with Crippen LogP contribution in [0.1, 0.15) is 31.7 Å². The molecule has 0 bridgehead atoms. The molecule has 0 aliphatic rings. The summed E-state index contributed by atoms with van der Waals surface area (Å²) in [6.07, 6.45) is 3.58. The van der Waals surface area contributed by atoms with E-state index in [1.807, 2.05) is 12.1 Å². The van der Waals surface area contributed by atoms with Crippen LogP contribution in [0, 0.1) is 5.41 Å². The summed E-state index contributed by atoms with van der Waals surface area (Å²) in [7, 11) is 0. The van der Waals surface area contributed by atoms with E-state index < -0.39 is 0 Å². The Morgan fingerprint density at radius 1 is 1.25 bits per heavy atom. The highest BCUT2D eigenvalue weighted by Gasteiger charge is 1.95. The Labute approximate surface area is 97.1 Å². The number of amidine groups is 1. The molecule has 0 aromatic heterocycles. The van der Waals surface area contributed by atoms with Crippen molar-refractivity contribution in [3.05, 3.63) is 29.8 Å². The highest BCUT2D eigenvalue weighted by Crippen LogP contribution is 2.13. The van der Waals surface area contributed by atoms with Crippen LogP contribution in [-0.2, 0) is 6.42 Å². The van der Waals surface area contributed by atoms with E-state index in [1.165, 1.54) is 5.56 Å². The first-order chi connectivity index (χ1) is 7.72. The van der Waals surface area contributed by atoms with Gasteiger partial charge in [0.1, 0.15) is 5.75 Å². The van der Waals surface area contributed by atoms with Crippen LogP contribution in [-0.4, -0.2) is 12.4 Å². The number of hydrogen-bond donors (Lipinski definition) is 2. The van der Waals surface area contributed by atoms with Crippen LogP contribution in [0.2, 0.25) is 0 Å². The van der Waals surface area contributed by atoms with Gasteiger partial charge >= 0.3 is 0 Å². The highest BCUT2D eigenvalue weighted by molar-refractivity contribution is 5.76. The van der Waals surface area contributed by atoms with Gasteiger partial charge in [-0.15, -0.1) is 0 Å². The third kappa shape index (κ3) is 4.82. The van der Waals surface area contributed by atoms with Gasteiger partial charge in [0, 0.05) is 6.42 Å². The molecular weight excluding hydrogens is 200 g/mol. The fourth-order valence-electron chi connectivity index (χ4n) is 1.43. The first-order valence-corrected chi connectivity index (χ1v) is 5.77. The largest absolute Gasteiger partial charge is 0.494 e. The number of benzene rings is 1. The second-order valence-electron chi connectivity index (χ2n) is 3.83. The van der Waals surface area contributed by atoms with E-state index in [2.05, 4.69) is 19.1 Å². The lowest BCUT2D eigenvalue weighted by atomic mass is 10.2. The molecule has 3 N–H and O–H groups in total. The zero-order chi connectivity index (χ0) is 11.8. The first-order valence-electron chi connectivity index (χ1n) is 5.77. The topological polar surface area (TPSA) is 59.1 Å². The minimum absolute atomic E-state index is 0.257. The molecule has 16 heavy (non-hydrogen) atoms. The average molecular weight is 220 g/mol. The van der Waals surface area contributed by atoms with Crippen molar-refractivity contribution in [2.75, 3.05) is 6.61 Å². The molecule has 0 heterocycles. The third-order valence-corrected chi connectivity index (χ3v) is 2.44. The number of nitrogens with one attached hydrogen (secondary N) is 1. The van der Waals surface area contributed by atoms with Gasteiger partial charge in [0.05, 0.1) is 12.4 Å². The Bertz CT molecular complexity index is 319. The minimum Gasteiger partial charge on any atom is -0.494 e. The molecule has 3 nitrogen and oxygen atoms in total. The predicted molar refractivity (Wildman–Crippen MR) is 67.1 cm³/mol. The quantitative estimate of drug-likeness (QED) is 0.421. The van der Waals surface area contributed by atoms with Crippen LogP contribution >= 0.6 is 0 Å². The molecule has 1 aromatic rings. The van der Waals surface area contributed by atoms with Gasteiger partial charge in [0.25, 0.3) is 0 Å². The fourth-order valence-corrected chi connectivity index (χ4v) is 1.43. The Hall–Kier alpha value is -1.51. The van der Waals surface area contributed by atoms with Gasteiger partial charge < -0.3 is 10.5 Å². The second kappa shape index (κ2) is 6.88. The molecule has 0 saturated heterocycles. The van der Waals surface area contributed by atoms with Crippen molar-refractivity contribution >= 4 is 5.84 Å². The number of unbranched alkanes of at least 4 members (excludes halogenated alkanes) is 1. The van der Waals surface area contributed by atoms with Crippen molar-refractivity contribution in [3.63, 3.8) is 0 Å². The van der Waals surface area contributed by atoms with E-state index in [9.17, 15) is 0 Å². The van der Waals surface area contributed by atoms with Crippen molar-refractivity contribution in [2.24, 2.45) is 5.73 Å². The zero-order valence-corrected chi connectivity index (χ0v) is 9.83. The van der Waals surface area contributed by atoms with Gasteiger partial charge in [-0.05, 0) is 37.0 Å². The van der Waals surface area contributed by atoms with Gasteiger partial charge in [-0.1, -0.05) is 19.1 Å². The molecule has 1 rings (SSSR count). The molecule has 0 saturated carbocycles. The highest BCUT2D eigenvalue weighted by atomic mass is 16.5. The van der Waals surface area contributed by atoms with Crippen molar-refractivity contribution in [1.82, 2.24) is 0 Å². The summed E-state index contributed by atoms with van der Waals surface area (Å²) in [5.74, 6) is 1.17. The van der Waals surface area contributed by atoms with Gasteiger partial charge in [-0.3, -0.25) is 5.41 Å². The van der Waals surface area contributed by atoms with Gasteiger partial charge in [0.2, 0.25) is 0 Å². The molecule has 88 valence electrons. The van der Waals surface area contributed by atoms with Gasteiger partial charge in [-0.2, -0.15) is 0 Å². The van der Waals surface area contributed by atoms with Crippen LogP contribution < -0.4 is 10.5 Å². The second-order valence-corrected chi connectivity index (χ2v) is 3.83. The summed E-state index contributed by atoms with van der Waals surface area (Å²) >= 11 is 0. The lowest BCUT2D eigenvalue weighted by Gasteiger charge is -2.06. The van der Waals surface area contributed by atoms with Crippen molar-refractivity contribution in [3.8, 4) is 5.75 Å². The summed E-state index contributed by atoms with van der Waals surface area (Å²) in [4.78, 5) is 0. The molecular formula is C13H20N2O. The first kappa shape index (κ1) is 12.6. The van der Waals surface area contributed by atoms with E-state index in [0.717, 1.165) is 25.0 Å². The van der Waals surface area contributed by atoms with E-state index in [1.54, 1.807) is 0 Å². The van der Waals surface area contributed by atoms with Crippen LogP contribution in [0.15, 0.2) is 24.3 Å². The summed E-state index contributed by atoms with van der Waals surface area (Å²) in [5, 5.41) is 7.08. The monoisotopic (exact) mass is 220 g/mol. The zero-order valence-electron chi connectivity index (χ0n) is 9.83. The maximum Gasteiger partial charge on any atom is 0.119 e. The SMILES string of the molecule is CCc1ccc(OCCCCC(=N)N)cc1. The smallest absolute Gasteiger partial charge is 0.119 e. The maximum absolute atomic E-state index is 7.08. The third-order valence-electron chi connectivity index (χ3n) is 2.44. The van der Waals surface area contributed by atoms with E-state index >= 15 is 0 Å². The molecule has 0 spiro atoms. The number of aryl methyl sites for hydroxylation is 1. The molecule has 3 heteroatoms. The molecule has 0 atom stereocenters. The number of rotatable bonds is 7. The number of nitrogens with two attached hydrogens (primary N) is 1. The van der Waals surface area contributed by atoms with Crippen LogP contribution in [0.4, 0.5) is 0 Å². The maximum atomic E-state index is 7.08. The summed E-state index contributed by atoms with van der Waals surface area (Å²) < 4.78 is 5.58. The molecule has 0 aliphatic carbocycles. The van der Waals surface area contributed by atoms with E-state index in [4.69, 9.17) is 15.9 Å². The van der Waals surface area contributed by atoms with Gasteiger partial charge in [-0.25, -0.2) is 0 Å². The standard InChI is InChI=1S/C13H20N2O/c1-2-11-6-8-12(9-7-11)16-10-4-3-5-13(14)15/h6-9H,2-5,10H2,1H3,(H3,14,15). The van der Waals surface area contributed by atoms with Crippen LogP contribution in [0.25, 0.3) is 0 Å². The number of hydrogen-bond acceptors (Lipinski definition) is 2. The Morgan fingerprint density at radius 2 is 1.94 bits per heavy atom. The lowest BCUT2D eigenvalue weighted by molar-refractivity contribution is 0.308. The molecule has 0 amide bonds. The summed E-state index contributed by atoms with van der Waals surface area (Å²) in [6, 6.07) is 8.18. The van der Waals surface area contributed by atoms with E-state index in [-0.39, 0.29) is 5.84 Å².